The molecule has 1 aromatic rings. The Kier molecular flexibility index (Phi) is 4.74. The van der Waals surface area contributed by atoms with Crippen molar-refractivity contribution in [3.63, 3.8) is 0 Å². The van der Waals surface area contributed by atoms with Gasteiger partial charge in [-0.05, 0) is 48.8 Å². The largest absolute Gasteiger partial charge is 0.497 e. The van der Waals surface area contributed by atoms with Crippen LogP contribution in [0.15, 0.2) is 24.3 Å². The number of nitrogens with zero attached hydrogens (tertiary/aromatic N) is 2. The molecular weight excluding hydrogens is 330 g/mol. The van der Waals surface area contributed by atoms with Crippen LogP contribution in [0.1, 0.15) is 31.2 Å². The zero-order valence-electron chi connectivity index (χ0n) is 15.3. The van der Waals surface area contributed by atoms with E-state index in [2.05, 4.69) is 10.2 Å². The molecule has 2 unspecified atom stereocenters. The van der Waals surface area contributed by atoms with Gasteiger partial charge in [0.2, 0.25) is 5.91 Å². The van der Waals surface area contributed by atoms with Crippen LogP contribution in [0, 0.1) is 11.8 Å². The molecule has 0 spiro atoms. The first-order chi connectivity index (χ1) is 12.6. The van der Waals surface area contributed by atoms with E-state index in [1.807, 2.05) is 29.2 Å². The summed E-state index contributed by atoms with van der Waals surface area (Å²) in [5.74, 6) is 1.95. The van der Waals surface area contributed by atoms with E-state index in [0.717, 1.165) is 50.2 Å². The molecule has 0 aromatic heterocycles. The predicted molar refractivity (Wildman–Crippen MR) is 97.8 cm³/mol. The summed E-state index contributed by atoms with van der Waals surface area (Å²) in [6.45, 7) is 2.82. The third kappa shape index (κ3) is 3.37. The fraction of sp³-hybridized carbons (Fsp3) is 0.600. The van der Waals surface area contributed by atoms with Crippen molar-refractivity contribution < 1.29 is 14.3 Å². The monoisotopic (exact) mass is 357 g/mol. The number of hydrogen-bond acceptors (Lipinski definition) is 3. The van der Waals surface area contributed by atoms with Gasteiger partial charge in [0.05, 0.1) is 7.11 Å². The van der Waals surface area contributed by atoms with Gasteiger partial charge in [0, 0.05) is 38.6 Å². The Morgan fingerprint density at radius 2 is 2.19 bits per heavy atom. The van der Waals surface area contributed by atoms with Crippen LogP contribution in [0.25, 0.3) is 0 Å². The number of nitrogens with one attached hydrogen (secondary N) is 1. The maximum absolute atomic E-state index is 12.7. The number of urea groups is 1. The lowest BCUT2D eigenvalue weighted by molar-refractivity contribution is -0.144. The Balaban J connectivity index is 1.37. The van der Waals surface area contributed by atoms with Crippen LogP contribution in [0.3, 0.4) is 0 Å². The molecule has 6 heteroatoms. The smallest absolute Gasteiger partial charge is 0.317 e. The summed E-state index contributed by atoms with van der Waals surface area (Å²) >= 11 is 0. The molecule has 3 atom stereocenters. The molecule has 0 radical (unpaired) electrons. The number of ether oxygens (including phenoxy) is 1. The zero-order chi connectivity index (χ0) is 18.1. The minimum Gasteiger partial charge on any atom is -0.497 e. The van der Waals surface area contributed by atoms with Crippen molar-refractivity contribution in [3.05, 3.63) is 29.8 Å². The molecule has 3 fully saturated rings. The normalized spacial score (nSPS) is 27.7. The summed E-state index contributed by atoms with van der Waals surface area (Å²) in [6, 6.07) is 8.09. The molecule has 3 aliphatic heterocycles. The zero-order valence-corrected chi connectivity index (χ0v) is 15.3. The molecular formula is C20H27N3O3. The van der Waals surface area contributed by atoms with E-state index in [4.69, 9.17) is 4.74 Å². The van der Waals surface area contributed by atoms with E-state index in [-0.39, 0.29) is 6.03 Å². The highest BCUT2D eigenvalue weighted by Gasteiger charge is 2.44. The second kappa shape index (κ2) is 7.17. The van der Waals surface area contributed by atoms with E-state index >= 15 is 0 Å². The third-order valence-electron chi connectivity index (χ3n) is 6.04. The van der Waals surface area contributed by atoms with Crippen LogP contribution >= 0.6 is 0 Å². The van der Waals surface area contributed by atoms with Crippen molar-refractivity contribution in [2.24, 2.45) is 11.8 Å². The van der Waals surface area contributed by atoms with Gasteiger partial charge in [0.15, 0.2) is 0 Å². The van der Waals surface area contributed by atoms with Gasteiger partial charge in [-0.3, -0.25) is 4.79 Å². The topological polar surface area (TPSA) is 61.9 Å². The molecule has 2 bridgehead atoms. The van der Waals surface area contributed by atoms with Crippen LogP contribution in [0.4, 0.5) is 4.79 Å². The summed E-state index contributed by atoms with van der Waals surface area (Å²) in [5, 5.41) is 3.04. The van der Waals surface area contributed by atoms with Gasteiger partial charge in [0.25, 0.3) is 0 Å². The number of benzene rings is 1. The molecule has 140 valence electrons. The summed E-state index contributed by atoms with van der Waals surface area (Å²) in [6.07, 6.45) is 3.92. The highest BCUT2D eigenvalue weighted by atomic mass is 16.5. The maximum atomic E-state index is 12.7. The molecule has 1 aromatic carbocycles. The molecule has 4 rings (SSSR count). The van der Waals surface area contributed by atoms with Crippen molar-refractivity contribution in [3.8, 4) is 5.75 Å². The summed E-state index contributed by atoms with van der Waals surface area (Å²) < 4.78 is 5.23. The second-order valence-electron chi connectivity index (χ2n) is 7.78. The molecule has 6 nitrogen and oxygen atoms in total. The molecule has 3 saturated heterocycles. The molecule has 3 amide bonds. The van der Waals surface area contributed by atoms with Crippen molar-refractivity contribution >= 4 is 11.9 Å². The lowest BCUT2D eigenvalue weighted by atomic mass is 9.76. The Hall–Kier alpha value is -2.24. The molecule has 3 heterocycles. The van der Waals surface area contributed by atoms with E-state index in [0.29, 0.717) is 36.8 Å². The lowest BCUT2D eigenvalue weighted by Gasteiger charge is -2.52. The molecule has 3 aliphatic rings. The average molecular weight is 357 g/mol. The first kappa shape index (κ1) is 17.2. The summed E-state index contributed by atoms with van der Waals surface area (Å²) in [5.41, 5.74) is 1.03. The van der Waals surface area contributed by atoms with Crippen molar-refractivity contribution in [1.29, 1.82) is 0 Å². The average Bonchev–Trinajstić information content (AvgIpc) is 2.67. The Morgan fingerprint density at radius 1 is 1.31 bits per heavy atom. The van der Waals surface area contributed by atoms with Gasteiger partial charge in [-0.25, -0.2) is 4.79 Å². The SMILES string of the molecule is COc1cccc(CNC(=O)N2CC3CC(C2)[C@H]2CCCC(=O)N2C3)c1. The van der Waals surface area contributed by atoms with Gasteiger partial charge in [-0.2, -0.15) is 0 Å². The quantitative estimate of drug-likeness (QED) is 0.902. The van der Waals surface area contributed by atoms with Crippen LogP contribution in [-0.4, -0.2) is 54.5 Å². The van der Waals surface area contributed by atoms with Gasteiger partial charge in [-0.1, -0.05) is 12.1 Å². The molecule has 0 aliphatic carbocycles. The van der Waals surface area contributed by atoms with Crippen LogP contribution in [0.2, 0.25) is 0 Å². The minimum atomic E-state index is -0.00175. The number of likely N-dealkylation sites (tertiary alicyclic amines) is 1. The highest BCUT2D eigenvalue weighted by Crippen LogP contribution is 2.37. The third-order valence-corrected chi connectivity index (χ3v) is 6.04. The van der Waals surface area contributed by atoms with E-state index in [1.54, 1.807) is 7.11 Å². The van der Waals surface area contributed by atoms with Crippen LogP contribution in [-0.2, 0) is 11.3 Å². The van der Waals surface area contributed by atoms with Gasteiger partial charge >= 0.3 is 6.03 Å². The number of piperidine rings is 3. The predicted octanol–water partition coefficient (Wildman–Crippen LogP) is 2.24. The Labute approximate surface area is 154 Å². The van der Waals surface area contributed by atoms with E-state index in [9.17, 15) is 9.59 Å². The van der Waals surface area contributed by atoms with Gasteiger partial charge in [0.1, 0.15) is 5.75 Å². The Morgan fingerprint density at radius 3 is 3.04 bits per heavy atom. The number of amides is 3. The maximum Gasteiger partial charge on any atom is 0.317 e. The van der Waals surface area contributed by atoms with Crippen molar-refractivity contribution in [2.75, 3.05) is 26.7 Å². The van der Waals surface area contributed by atoms with Crippen molar-refractivity contribution in [1.82, 2.24) is 15.1 Å². The highest BCUT2D eigenvalue weighted by molar-refractivity contribution is 5.78. The molecule has 1 N–H and O–H groups in total. The number of methoxy groups -OCH3 is 1. The first-order valence-electron chi connectivity index (χ1n) is 9.59. The number of hydrogen-bond donors (Lipinski definition) is 1. The molecule has 0 saturated carbocycles. The minimum absolute atomic E-state index is 0.00175. The van der Waals surface area contributed by atoms with Crippen LogP contribution in [0.5, 0.6) is 5.75 Å². The lowest BCUT2D eigenvalue weighted by Crippen LogP contribution is -2.62. The Bertz CT molecular complexity index is 693. The first-order valence-corrected chi connectivity index (χ1v) is 9.59. The summed E-state index contributed by atoms with van der Waals surface area (Å²) in [4.78, 5) is 29.0. The van der Waals surface area contributed by atoms with Crippen LogP contribution < -0.4 is 10.1 Å². The number of rotatable bonds is 3. The second-order valence-corrected chi connectivity index (χ2v) is 7.78. The fourth-order valence-electron chi connectivity index (χ4n) is 4.85. The fourth-order valence-corrected chi connectivity index (χ4v) is 4.85. The number of fused-ring (bicyclic) bond motifs is 4. The van der Waals surface area contributed by atoms with Gasteiger partial charge < -0.3 is 19.9 Å². The number of carbonyl (C=O) groups excluding carboxylic acids is 2. The standard InChI is InChI=1S/C20H27N3O3/c1-26-17-5-2-4-14(9-17)10-21-20(25)22-11-15-8-16(13-22)18-6-3-7-19(24)23(18)12-15/h2,4-5,9,15-16,18H,3,6-8,10-13H2,1H3,(H,21,25)/t15?,16?,18-/m1/s1. The molecule has 26 heavy (non-hydrogen) atoms. The van der Waals surface area contributed by atoms with Crippen molar-refractivity contribution in [2.45, 2.75) is 38.3 Å². The van der Waals surface area contributed by atoms with E-state index < -0.39 is 0 Å². The number of carbonyl (C=O) groups is 2. The van der Waals surface area contributed by atoms with Gasteiger partial charge in [-0.15, -0.1) is 0 Å². The van der Waals surface area contributed by atoms with E-state index in [1.165, 1.54) is 0 Å². The summed E-state index contributed by atoms with van der Waals surface area (Å²) in [7, 11) is 1.64.